The summed E-state index contributed by atoms with van der Waals surface area (Å²) in [4.78, 5) is 4.57. The van der Waals surface area contributed by atoms with E-state index in [0.29, 0.717) is 5.75 Å². The Morgan fingerprint density at radius 1 is 0.900 bits per heavy atom. The van der Waals surface area contributed by atoms with Gasteiger partial charge in [0.05, 0.1) is 6.10 Å². The monoisotopic (exact) mass is 278 g/mol. The fraction of sp³-hybridized carbons (Fsp3) is 0.647. The Balaban J connectivity index is 2.02. The number of fused-ring (bicyclic) bond motifs is 1. The zero-order valence-electron chi connectivity index (χ0n) is 12.2. The zero-order chi connectivity index (χ0) is 14.2. The molecule has 112 valence electrons. The van der Waals surface area contributed by atoms with Crippen molar-refractivity contribution in [3.63, 3.8) is 0 Å². The van der Waals surface area contributed by atoms with Gasteiger partial charge in [-0.05, 0) is 55.7 Å². The molecule has 20 heavy (non-hydrogen) atoms. The van der Waals surface area contributed by atoms with Gasteiger partial charge >= 0.3 is 0 Å². The summed E-state index contributed by atoms with van der Waals surface area (Å²) in [5, 5.41) is 19.0. The lowest BCUT2D eigenvalue weighted by atomic mass is 9.96. The molecule has 1 aromatic carbocycles. The Hall–Kier alpha value is -1.06. The minimum absolute atomic E-state index is 0.000556. The van der Waals surface area contributed by atoms with E-state index in [1.54, 1.807) is 6.07 Å². The summed E-state index contributed by atoms with van der Waals surface area (Å²) in [6.07, 6.45) is 10.6. The molecule has 2 rings (SSSR count). The van der Waals surface area contributed by atoms with Crippen LogP contribution in [0.1, 0.15) is 62.5 Å². The van der Waals surface area contributed by atoms with E-state index >= 15 is 0 Å². The van der Waals surface area contributed by atoms with Crippen molar-refractivity contribution in [2.24, 2.45) is 0 Å². The zero-order valence-corrected chi connectivity index (χ0v) is 12.2. The van der Waals surface area contributed by atoms with Gasteiger partial charge in [-0.1, -0.05) is 37.8 Å². The Morgan fingerprint density at radius 2 is 1.60 bits per heavy atom. The van der Waals surface area contributed by atoms with Gasteiger partial charge in [0.1, 0.15) is 5.75 Å². The van der Waals surface area contributed by atoms with Crippen LogP contribution < -0.4 is 0 Å². The summed E-state index contributed by atoms with van der Waals surface area (Å²) in [6.45, 7) is 0. The van der Waals surface area contributed by atoms with Crippen LogP contribution in [0.3, 0.4) is 0 Å². The average Bonchev–Trinajstić information content (AvgIpc) is 2.48. The number of rotatable bonds is 1. The van der Waals surface area contributed by atoms with Crippen molar-refractivity contribution < 1.29 is 15.3 Å². The molecule has 3 heteroatoms. The van der Waals surface area contributed by atoms with Gasteiger partial charge in [-0.25, -0.2) is 4.89 Å². The van der Waals surface area contributed by atoms with E-state index in [1.807, 2.05) is 6.07 Å². The summed E-state index contributed by atoms with van der Waals surface area (Å²) in [6, 6.07) is 5.87. The lowest BCUT2D eigenvalue weighted by Crippen LogP contribution is -2.10. The average molecular weight is 278 g/mol. The third kappa shape index (κ3) is 4.50. The predicted octanol–water partition coefficient (Wildman–Crippen LogP) is 4.47. The third-order valence-corrected chi connectivity index (χ3v) is 4.32. The van der Waals surface area contributed by atoms with Crippen molar-refractivity contribution in [1.29, 1.82) is 0 Å². The van der Waals surface area contributed by atoms with Crippen molar-refractivity contribution in [2.45, 2.75) is 70.3 Å². The summed E-state index contributed by atoms with van der Waals surface area (Å²) in [5.41, 5.74) is 2.42. The van der Waals surface area contributed by atoms with E-state index in [-0.39, 0.29) is 6.10 Å². The van der Waals surface area contributed by atoms with Crippen molar-refractivity contribution in [2.75, 3.05) is 0 Å². The maximum absolute atomic E-state index is 10.0. The quantitative estimate of drug-likeness (QED) is 0.588. The van der Waals surface area contributed by atoms with Crippen LogP contribution in [-0.2, 0) is 17.7 Å². The molecule has 1 unspecified atom stereocenters. The maximum atomic E-state index is 10.0. The molecular formula is C17H26O3. The van der Waals surface area contributed by atoms with Crippen molar-refractivity contribution in [3.8, 4) is 5.75 Å². The molecule has 1 aliphatic rings. The molecule has 3 nitrogen and oxygen atoms in total. The Morgan fingerprint density at radius 3 is 2.40 bits per heavy atom. The van der Waals surface area contributed by atoms with Crippen LogP contribution in [0.15, 0.2) is 18.2 Å². The van der Waals surface area contributed by atoms with Crippen LogP contribution in [0.25, 0.3) is 0 Å². The van der Waals surface area contributed by atoms with E-state index in [2.05, 4.69) is 11.0 Å². The van der Waals surface area contributed by atoms with Gasteiger partial charge in [0.2, 0.25) is 0 Å². The fourth-order valence-electron chi connectivity index (χ4n) is 3.11. The lowest BCUT2D eigenvalue weighted by molar-refractivity contribution is -0.281. The van der Waals surface area contributed by atoms with Gasteiger partial charge < -0.3 is 5.11 Å². The van der Waals surface area contributed by atoms with Crippen LogP contribution in [0.4, 0.5) is 0 Å². The normalized spacial score (nSPS) is 22.1. The molecule has 0 heterocycles. The largest absolute Gasteiger partial charge is 0.508 e. The number of phenolic OH excluding ortho intramolecular Hbond substituents is 1. The van der Waals surface area contributed by atoms with Crippen LogP contribution in [0.2, 0.25) is 0 Å². The van der Waals surface area contributed by atoms with Gasteiger partial charge in [0.15, 0.2) is 0 Å². The van der Waals surface area contributed by atoms with E-state index in [9.17, 15) is 5.11 Å². The summed E-state index contributed by atoms with van der Waals surface area (Å²) in [7, 11) is 0. The fourth-order valence-corrected chi connectivity index (χ4v) is 3.11. The summed E-state index contributed by atoms with van der Waals surface area (Å²) in [5.74, 6) is 0.453. The van der Waals surface area contributed by atoms with Gasteiger partial charge in [-0.3, -0.25) is 5.26 Å². The number of aryl methyl sites for hydroxylation is 1. The second kappa shape index (κ2) is 8.28. The molecule has 0 bridgehead atoms. The summed E-state index contributed by atoms with van der Waals surface area (Å²) >= 11 is 0. The van der Waals surface area contributed by atoms with E-state index < -0.39 is 0 Å². The molecule has 0 saturated carbocycles. The molecule has 1 aliphatic carbocycles. The second-order valence-electron chi connectivity index (χ2n) is 5.84. The molecule has 0 saturated heterocycles. The second-order valence-corrected chi connectivity index (χ2v) is 5.84. The Bertz CT molecular complexity index is 403. The highest BCUT2D eigenvalue weighted by atomic mass is 17.1. The van der Waals surface area contributed by atoms with Gasteiger partial charge in [-0.2, -0.15) is 0 Å². The van der Waals surface area contributed by atoms with Crippen molar-refractivity contribution in [1.82, 2.24) is 0 Å². The molecule has 1 atom stereocenters. The topological polar surface area (TPSA) is 49.7 Å². The molecule has 1 aromatic rings. The number of benzene rings is 1. The highest BCUT2D eigenvalue weighted by Gasteiger charge is 2.12. The highest BCUT2D eigenvalue weighted by Crippen LogP contribution is 2.26. The van der Waals surface area contributed by atoms with E-state index in [1.165, 1.54) is 18.4 Å². The first-order valence-corrected chi connectivity index (χ1v) is 7.91. The first kappa shape index (κ1) is 15.3. The van der Waals surface area contributed by atoms with Gasteiger partial charge in [0.25, 0.3) is 0 Å². The number of hydrogen-bond acceptors (Lipinski definition) is 3. The SMILES string of the molecule is OOC1CCCCCCc2c(O)cccc2CCCC1. The first-order valence-electron chi connectivity index (χ1n) is 7.91. The molecule has 0 amide bonds. The Kier molecular flexibility index (Phi) is 6.34. The lowest BCUT2D eigenvalue weighted by Gasteiger charge is -2.13. The summed E-state index contributed by atoms with van der Waals surface area (Å²) < 4.78 is 0. The molecular weight excluding hydrogens is 252 g/mol. The van der Waals surface area contributed by atoms with Gasteiger partial charge in [-0.15, -0.1) is 0 Å². The minimum Gasteiger partial charge on any atom is -0.508 e. The Labute approximate surface area is 121 Å². The van der Waals surface area contributed by atoms with Crippen LogP contribution in [0, 0.1) is 0 Å². The van der Waals surface area contributed by atoms with Crippen LogP contribution in [0.5, 0.6) is 5.75 Å². The van der Waals surface area contributed by atoms with Crippen LogP contribution in [-0.4, -0.2) is 16.5 Å². The molecule has 0 fully saturated rings. The number of hydrogen-bond donors (Lipinski definition) is 2. The van der Waals surface area contributed by atoms with E-state index in [4.69, 9.17) is 5.26 Å². The number of phenols is 1. The van der Waals surface area contributed by atoms with Gasteiger partial charge in [0, 0.05) is 0 Å². The van der Waals surface area contributed by atoms with Crippen molar-refractivity contribution in [3.05, 3.63) is 29.3 Å². The predicted molar refractivity (Wildman–Crippen MR) is 80.0 cm³/mol. The first-order chi connectivity index (χ1) is 9.81. The van der Waals surface area contributed by atoms with Crippen molar-refractivity contribution >= 4 is 0 Å². The molecule has 0 aliphatic heterocycles. The molecule has 0 spiro atoms. The molecule has 0 aromatic heterocycles. The van der Waals surface area contributed by atoms with E-state index in [0.717, 1.165) is 56.9 Å². The standard InChI is InChI=1S/C17H26O3/c18-17-13-7-9-14-8-5-6-11-15(20-19)10-3-1-2-4-12-16(14)17/h7,9,13,15,18-19H,1-6,8,10-12H2. The smallest absolute Gasteiger partial charge is 0.119 e. The third-order valence-electron chi connectivity index (χ3n) is 4.32. The maximum Gasteiger partial charge on any atom is 0.119 e. The highest BCUT2D eigenvalue weighted by molar-refractivity contribution is 5.39. The minimum atomic E-state index is -0.000556. The molecule has 0 radical (unpaired) electrons. The van der Waals surface area contributed by atoms with Crippen LogP contribution >= 0.6 is 0 Å². The number of aromatic hydroxyl groups is 1. The molecule has 2 N–H and O–H groups in total.